The molecule has 4 aromatic rings. The first kappa shape index (κ1) is 19.8. The number of hydrogen-bond donors (Lipinski definition) is 2. The third kappa shape index (κ3) is 4.74. The summed E-state index contributed by atoms with van der Waals surface area (Å²) in [4.78, 5) is 15.2. The fourth-order valence-corrected chi connectivity index (χ4v) is 3.25. The van der Waals surface area contributed by atoms with E-state index in [4.69, 9.17) is 4.42 Å². The first-order valence-corrected chi connectivity index (χ1v) is 9.54. The van der Waals surface area contributed by atoms with E-state index in [1.54, 1.807) is 6.20 Å². The summed E-state index contributed by atoms with van der Waals surface area (Å²) in [6, 6.07) is 12.5. The molecular weight excluding hydrogens is 421 g/mol. The Morgan fingerprint density at radius 2 is 1.90 bits per heavy atom. The Morgan fingerprint density at radius 3 is 2.67 bits per heavy atom. The molecule has 0 saturated heterocycles. The Labute approximate surface area is 171 Å². The zero-order valence-electron chi connectivity index (χ0n) is 15.1. The molecule has 4 rings (SSSR count). The number of para-hydroxylation sites is 1. The number of H-pyrrole nitrogens is 1. The monoisotopic (exact) mass is 434 g/mol. The van der Waals surface area contributed by atoms with Gasteiger partial charge in [-0.1, -0.05) is 30.0 Å². The van der Waals surface area contributed by atoms with Crippen molar-refractivity contribution in [2.75, 3.05) is 11.1 Å². The molecule has 2 aromatic carbocycles. The molecule has 0 aliphatic heterocycles. The van der Waals surface area contributed by atoms with Gasteiger partial charge >= 0.3 is 6.36 Å². The minimum atomic E-state index is -4.77. The molecule has 2 heterocycles. The van der Waals surface area contributed by atoms with Crippen LogP contribution in [0.5, 0.6) is 5.75 Å². The van der Waals surface area contributed by atoms with Crippen molar-refractivity contribution in [2.45, 2.75) is 11.6 Å². The van der Waals surface area contributed by atoms with E-state index in [-0.39, 0.29) is 22.6 Å². The third-order valence-corrected chi connectivity index (χ3v) is 4.74. The van der Waals surface area contributed by atoms with Gasteiger partial charge in [-0.2, -0.15) is 0 Å². The minimum Gasteiger partial charge on any atom is -0.411 e. The van der Waals surface area contributed by atoms with Crippen LogP contribution in [0, 0.1) is 0 Å². The van der Waals surface area contributed by atoms with Gasteiger partial charge in [-0.05, 0) is 30.3 Å². The molecule has 0 saturated carbocycles. The van der Waals surface area contributed by atoms with Crippen molar-refractivity contribution in [2.24, 2.45) is 0 Å². The molecule has 1 amide bonds. The van der Waals surface area contributed by atoms with E-state index < -0.39 is 6.36 Å². The maximum Gasteiger partial charge on any atom is 0.573 e. The van der Waals surface area contributed by atoms with Crippen LogP contribution in [0.25, 0.3) is 22.4 Å². The topological polar surface area (TPSA) is 93.0 Å². The SMILES string of the molecule is O=C(CSc1nnc(-c2c[nH]c3ccccc23)o1)Nc1ccc(OC(F)(F)F)cc1. The lowest BCUT2D eigenvalue weighted by Crippen LogP contribution is -2.17. The van der Waals surface area contributed by atoms with E-state index in [2.05, 4.69) is 25.2 Å². The fraction of sp³-hybridized carbons (Fsp3) is 0.105. The molecule has 2 aromatic heterocycles. The summed E-state index contributed by atoms with van der Waals surface area (Å²) in [5.41, 5.74) is 2.03. The van der Waals surface area contributed by atoms with Crippen molar-refractivity contribution in [1.82, 2.24) is 15.2 Å². The lowest BCUT2D eigenvalue weighted by atomic mass is 10.2. The molecule has 7 nitrogen and oxygen atoms in total. The second-order valence-electron chi connectivity index (χ2n) is 6.03. The lowest BCUT2D eigenvalue weighted by molar-refractivity contribution is -0.274. The Kier molecular flexibility index (Phi) is 5.36. The van der Waals surface area contributed by atoms with E-state index in [0.29, 0.717) is 11.6 Å². The molecule has 0 radical (unpaired) electrons. The highest BCUT2D eigenvalue weighted by molar-refractivity contribution is 7.99. The summed E-state index contributed by atoms with van der Waals surface area (Å²) in [5, 5.41) is 11.7. The van der Waals surface area contributed by atoms with Crippen LogP contribution in [0.2, 0.25) is 0 Å². The summed E-state index contributed by atoms with van der Waals surface area (Å²) >= 11 is 1.05. The number of rotatable bonds is 6. The predicted molar refractivity (Wildman–Crippen MR) is 104 cm³/mol. The summed E-state index contributed by atoms with van der Waals surface area (Å²) in [6.45, 7) is 0. The highest BCUT2D eigenvalue weighted by Crippen LogP contribution is 2.29. The number of nitrogens with zero attached hydrogens (tertiary/aromatic N) is 2. The van der Waals surface area contributed by atoms with Crippen molar-refractivity contribution in [3.63, 3.8) is 0 Å². The number of benzene rings is 2. The molecular formula is C19H13F3N4O3S. The van der Waals surface area contributed by atoms with Crippen LogP contribution >= 0.6 is 11.8 Å². The minimum absolute atomic E-state index is 0.0175. The molecule has 11 heteroatoms. The van der Waals surface area contributed by atoms with Gasteiger partial charge in [0.2, 0.25) is 5.91 Å². The molecule has 30 heavy (non-hydrogen) atoms. The Bertz CT molecular complexity index is 1170. The van der Waals surface area contributed by atoms with E-state index >= 15 is 0 Å². The van der Waals surface area contributed by atoms with E-state index in [0.717, 1.165) is 40.4 Å². The lowest BCUT2D eigenvalue weighted by Gasteiger charge is -2.09. The molecule has 0 fully saturated rings. The van der Waals surface area contributed by atoms with Gasteiger partial charge in [0.1, 0.15) is 5.75 Å². The Balaban J connectivity index is 1.33. The molecule has 0 aliphatic carbocycles. The van der Waals surface area contributed by atoms with Crippen LogP contribution in [-0.4, -0.2) is 33.2 Å². The van der Waals surface area contributed by atoms with Crippen LogP contribution in [0.4, 0.5) is 18.9 Å². The van der Waals surface area contributed by atoms with Crippen LogP contribution in [-0.2, 0) is 4.79 Å². The molecule has 0 unspecified atom stereocenters. The number of hydrogen-bond acceptors (Lipinski definition) is 6. The summed E-state index contributed by atoms with van der Waals surface area (Å²) in [5.74, 6) is -0.437. The van der Waals surface area contributed by atoms with Crippen molar-refractivity contribution < 1.29 is 27.1 Å². The number of carbonyl (C=O) groups is 1. The van der Waals surface area contributed by atoms with Gasteiger partial charge in [0.05, 0.1) is 11.3 Å². The largest absolute Gasteiger partial charge is 0.573 e. The maximum atomic E-state index is 12.2. The van der Waals surface area contributed by atoms with Crippen molar-refractivity contribution in [3.05, 3.63) is 54.7 Å². The zero-order chi connectivity index (χ0) is 21.1. The van der Waals surface area contributed by atoms with Crippen molar-refractivity contribution in [3.8, 4) is 17.2 Å². The summed E-state index contributed by atoms with van der Waals surface area (Å²) < 4.78 is 45.9. The van der Waals surface area contributed by atoms with Gasteiger partial charge in [0.15, 0.2) is 0 Å². The van der Waals surface area contributed by atoms with E-state index in [1.165, 1.54) is 12.1 Å². The maximum absolute atomic E-state index is 12.2. The number of thioether (sulfide) groups is 1. The van der Waals surface area contributed by atoms with E-state index in [9.17, 15) is 18.0 Å². The normalized spacial score (nSPS) is 11.6. The van der Waals surface area contributed by atoms with Gasteiger partial charge < -0.3 is 19.5 Å². The molecule has 0 bridgehead atoms. The summed E-state index contributed by atoms with van der Waals surface area (Å²) in [7, 11) is 0. The fourth-order valence-electron chi connectivity index (χ4n) is 2.69. The first-order chi connectivity index (χ1) is 14.4. The smallest absolute Gasteiger partial charge is 0.411 e. The van der Waals surface area contributed by atoms with Crippen LogP contribution in [0.1, 0.15) is 0 Å². The number of nitrogens with one attached hydrogen (secondary N) is 2. The molecule has 0 atom stereocenters. The molecule has 154 valence electrons. The number of fused-ring (bicyclic) bond motifs is 1. The van der Waals surface area contributed by atoms with Crippen LogP contribution in [0.15, 0.2) is 64.4 Å². The highest BCUT2D eigenvalue weighted by atomic mass is 32.2. The highest BCUT2D eigenvalue weighted by Gasteiger charge is 2.31. The third-order valence-electron chi connectivity index (χ3n) is 3.92. The number of aromatic nitrogens is 3. The van der Waals surface area contributed by atoms with Crippen molar-refractivity contribution >= 4 is 34.3 Å². The number of carbonyl (C=O) groups excluding carboxylic acids is 1. The first-order valence-electron chi connectivity index (χ1n) is 8.56. The average molecular weight is 434 g/mol. The number of aromatic amines is 1. The Hall–Kier alpha value is -3.47. The Morgan fingerprint density at radius 1 is 1.13 bits per heavy atom. The van der Waals surface area contributed by atoms with Gasteiger partial charge in [0, 0.05) is 22.8 Å². The zero-order valence-corrected chi connectivity index (χ0v) is 15.9. The van der Waals surface area contributed by atoms with E-state index in [1.807, 2.05) is 24.3 Å². The van der Waals surface area contributed by atoms with Crippen LogP contribution < -0.4 is 10.1 Å². The second kappa shape index (κ2) is 8.11. The number of ether oxygens (including phenoxy) is 1. The average Bonchev–Trinajstić information content (AvgIpc) is 3.33. The quantitative estimate of drug-likeness (QED) is 0.422. The van der Waals surface area contributed by atoms with Crippen molar-refractivity contribution in [1.29, 1.82) is 0 Å². The standard InChI is InChI=1S/C19H13F3N4O3S/c20-19(21,22)29-12-7-5-11(6-8-12)24-16(27)10-30-18-26-25-17(28-18)14-9-23-15-4-2-1-3-13(14)15/h1-9,23H,10H2,(H,24,27). The predicted octanol–water partition coefficient (Wildman–Crippen LogP) is 4.85. The number of amides is 1. The molecule has 2 N–H and O–H groups in total. The number of halogens is 3. The second-order valence-corrected chi connectivity index (χ2v) is 6.96. The van der Waals surface area contributed by atoms with Gasteiger partial charge in [-0.15, -0.1) is 23.4 Å². The van der Waals surface area contributed by atoms with Crippen LogP contribution in [0.3, 0.4) is 0 Å². The van der Waals surface area contributed by atoms with Gasteiger partial charge in [-0.3, -0.25) is 4.79 Å². The van der Waals surface area contributed by atoms with Gasteiger partial charge in [0.25, 0.3) is 11.1 Å². The number of anilines is 1. The molecule has 0 aliphatic rings. The molecule has 0 spiro atoms. The number of alkyl halides is 3. The van der Waals surface area contributed by atoms with Gasteiger partial charge in [-0.25, -0.2) is 0 Å². The summed E-state index contributed by atoms with van der Waals surface area (Å²) in [6.07, 6.45) is -3.00.